The van der Waals surface area contributed by atoms with Gasteiger partial charge in [-0.15, -0.1) is 0 Å². The summed E-state index contributed by atoms with van der Waals surface area (Å²) in [5.74, 6) is -1.40. The molecule has 1 aromatic heterocycles. The number of nitrogens with one attached hydrogen (secondary N) is 1. The van der Waals surface area contributed by atoms with E-state index in [1.807, 2.05) is 30.3 Å². The van der Waals surface area contributed by atoms with Crippen molar-refractivity contribution < 1.29 is 19.5 Å². The number of rotatable bonds is 5. The third kappa shape index (κ3) is 4.39. The number of amides is 2. The van der Waals surface area contributed by atoms with Crippen molar-refractivity contribution in [3.05, 3.63) is 42.1 Å². The quantitative estimate of drug-likeness (QED) is 0.820. The number of carbonyl (C=O) groups excluding carboxylic acids is 2. The summed E-state index contributed by atoms with van der Waals surface area (Å²) in [6, 6.07) is 9.37. The normalized spacial score (nSPS) is 17.0. The van der Waals surface area contributed by atoms with E-state index in [-0.39, 0.29) is 24.4 Å². The zero-order chi connectivity index (χ0) is 20.1. The van der Waals surface area contributed by atoms with Gasteiger partial charge in [-0.2, -0.15) is 5.10 Å². The zero-order valence-corrected chi connectivity index (χ0v) is 15.8. The largest absolute Gasteiger partial charge is 0.480 e. The Morgan fingerprint density at radius 2 is 1.96 bits per heavy atom. The molecule has 2 heterocycles. The molecule has 1 fully saturated rings. The van der Waals surface area contributed by atoms with Crippen molar-refractivity contribution in [3.8, 4) is 11.3 Å². The number of aliphatic carboxylic acids is 1. The topological polar surface area (TPSA) is 107 Å². The second kappa shape index (κ2) is 8.69. The van der Waals surface area contributed by atoms with E-state index in [0.29, 0.717) is 43.6 Å². The fraction of sp³-hybridized carbons (Fsp3) is 0.400. The highest BCUT2D eigenvalue weighted by Crippen LogP contribution is 2.24. The van der Waals surface area contributed by atoms with Crippen molar-refractivity contribution in [2.24, 2.45) is 0 Å². The van der Waals surface area contributed by atoms with E-state index >= 15 is 0 Å². The number of hydrogen-bond donors (Lipinski definition) is 2. The van der Waals surface area contributed by atoms with Crippen molar-refractivity contribution >= 4 is 17.8 Å². The summed E-state index contributed by atoms with van der Waals surface area (Å²) in [7, 11) is 0. The summed E-state index contributed by atoms with van der Waals surface area (Å²) in [5.41, 5.74) is 2.08. The lowest BCUT2D eigenvalue weighted by molar-refractivity contribution is -0.145. The van der Waals surface area contributed by atoms with Crippen molar-refractivity contribution in [1.82, 2.24) is 20.0 Å². The SMILES string of the molecule is CC(=O)N(CC(=O)O)C1CCCN(C(=O)c2cn[nH]c2-c2ccccc2)CC1. The molecule has 8 nitrogen and oxygen atoms in total. The molecule has 28 heavy (non-hydrogen) atoms. The highest BCUT2D eigenvalue weighted by Gasteiger charge is 2.29. The smallest absolute Gasteiger partial charge is 0.323 e. The number of nitrogens with zero attached hydrogens (tertiary/aromatic N) is 3. The van der Waals surface area contributed by atoms with Crippen LogP contribution in [-0.2, 0) is 9.59 Å². The molecular weight excluding hydrogens is 360 g/mol. The van der Waals surface area contributed by atoms with E-state index in [1.54, 1.807) is 11.1 Å². The fourth-order valence-corrected chi connectivity index (χ4v) is 3.68. The summed E-state index contributed by atoms with van der Waals surface area (Å²) < 4.78 is 0. The molecule has 148 valence electrons. The van der Waals surface area contributed by atoms with Gasteiger partial charge in [-0.25, -0.2) is 0 Å². The molecule has 0 bridgehead atoms. The molecule has 8 heteroatoms. The van der Waals surface area contributed by atoms with Crippen LogP contribution < -0.4 is 0 Å². The summed E-state index contributed by atoms with van der Waals surface area (Å²) in [6.07, 6.45) is 3.47. The van der Waals surface area contributed by atoms with Crippen LogP contribution >= 0.6 is 0 Å². The third-order valence-corrected chi connectivity index (χ3v) is 5.07. The van der Waals surface area contributed by atoms with Gasteiger partial charge in [-0.05, 0) is 19.3 Å². The van der Waals surface area contributed by atoms with Gasteiger partial charge in [-0.1, -0.05) is 30.3 Å². The van der Waals surface area contributed by atoms with Gasteiger partial charge in [0.05, 0.1) is 17.5 Å². The number of H-pyrrole nitrogens is 1. The predicted molar refractivity (Wildman–Crippen MR) is 103 cm³/mol. The summed E-state index contributed by atoms with van der Waals surface area (Å²) >= 11 is 0. The summed E-state index contributed by atoms with van der Waals surface area (Å²) in [5, 5.41) is 16.0. The molecule has 1 unspecified atom stereocenters. The Kier molecular flexibility index (Phi) is 6.08. The Morgan fingerprint density at radius 3 is 2.64 bits per heavy atom. The zero-order valence-electron chi connectivity index (χ0n) is 15.8. The van der Waals surface area contributed by atoms with Crippen molar-refractivity contribution in [2.45, 2.75) is 32.2 Å². The van der Waals surface area contributed by atoms with E-state index in [4.69, 9.17) is 5.11 Å². The number of hydrogen-bond acceptors (Lipinski definition) is 4. The average Bonchev–Trinajstić information content (AvgIpc) is 3.04. The number of aromatic nitrogens is 2. The van der Waals surface area contributed by atoms with Gasteiger partial charge in [0.1, 0.15) is 6.54 Å². The van der Waals surface area contributed by atoms with E-state index in [1.165, 1.54) is 11.8 Å². The molecule has 1 saturated heterocycles. The number of benzene rings is 1. The minimum absolute atomic E-state index is 0.110. The lowest BCUT2D eigenvalue weighted by atomic mass is 10.1. The van der Waals surface area contributed by atoms with Gasteiger partial charge in [0, 0.05) is 31.6 Å². The van der Waals surface area contributed by atoms with E-state index < -0.39 is 5.97 Å². The van der Waals surface area contributed by atoms with Crippen LogP contribution in [0.3, 0.4) is 0 Å². The van der Waals surface area contributed by atoms with Crippen LogP contribution in [-0.4, -0.2) is 68.6 Å². The number of aromatic amines is 1. The molecule has 0 aliphatic carbocycles. The maximum absolute atomic E-state index is 13.1. The lowest BCUT2D eigenvalue weighted by Gasteiger charge is -2.28. The van der Waals surface area contributed by atoms with Gasteiger partial charge in [-0.3, -0.25) is 19.5 Å². The van der Waals surface area contributed by atoms with E-state index in [0.717, 1.165) is 5.56 Å². The summed E-state index contributed by atoms with van der Waals surface area (Å²) in [4.78, 5) is 39.2. The molecule has 2 amide bonds. The maximum Gasteiger partial charge on any atom is 0.323 e. The lowest BCUT2D eigenvalue weighted by Crippen LogP contribution is -2.43. The number of carboxylic acid groups (broad SMARTS) is 1. The average molecular weight is 384 g/mol. The van der Waals surface area contributed by atoms with E-state index in [2.05, 4.69) is 10.2 Å². The fourth-order valence-electron chi connectivity index (χ4n) is 3.68. The third-order valence-electron chi connectivity index (χ3n) is 5.07. The van der Waals surface area contributed by atoms with Crippen LogP contribution in [0.4, 0.5) is 0 Å². The van der Waals surface area contributed by atoms with Crippen molar-refractivity contribution in [1.29, 1.82) is 0 Å². The molecule has 1 atom stereocenters. The molecule has 0 saturated carbocycles. The molecule has 1 aromatic carbocycles. The monoisotopic (exact) mass is 384 g/mol. The molecule has 0 radical (unpaired) electrons. The van der Waals surface area contributed by atoms with Crippen LogP contribution in [0.1, 0.15) is 36.5 Å². The number of likely N-dealkylation sites (tertiary alicyclic amines) is 1. The standard InChI is InChI=1S/C20H24N4O4/c1-14(25)24(13-18(26)27)16-8-5-10-23(11-9-16)20(28)17-12-21-22-19(17)15-6-3-2-4-7-15/h2-4,6-7,12,16H,5,8-11,13H2,1H3,(H,21,22)(H,26,27). The Bertz CT molecular complexity index is 849. The van der Waals surface area contributed by atoms with Crippen LogP contribution in [0, 0.1) is 0 Å². The Morgan fingerprint density at radius 1 is 1.21 bits per heavy atom. The highest BCUT2D eigenvalue weighted by molar-refractivity contribution is 5.99. The summed E-state index contributed by atoms with van der Waals surface area (Å²) in [6.45, 7) is 2.10. The van der Waals surface area contributed by atoms with Gasteiger partial charge >= 0.3 is 5.97 Å². The second-order valence-electron chi connectivity index (χ2n) is 6.94. The molecular formula is C20H24N4O4. The second-order valence-corrected chi connectivity index (χ2v) is 6.94. The minimum atomic E-state index is -1.03. The molecule has 1 aliphatic heterocycles. The van der Waals surface area contributed by atoms with Gasteiger partial charge < -0.3 is 14.9 Å². The maximum atomic E-state index is 13.1. The first kappa shape index (κ1) is 19.6. The Hall–Kier alpha value is -3.16. The van der Waals surface area contributed by atoms with E-state index in [9.17, 15) is 14.4 Å². The van der Waals surface area contributed by atoms with Gasteiger partial charge in [0.2, 0.25) is 5.91 Å². The van der Waals surface area contributed by atoms with Crippen LogP contribution in [0.25, 0.3) is 11.3 Å². The number of carbonyl (C=O) groups is 3. The molecule has 2 N–H and O–H groups in total. The highest BCUT2D eigenvalue weighted by atomic mass is 16.4. The Labute approximate surface area is 163 Å². The van der Waals surface area contributed by atoms with Gasteiger partial charge in [0.15, 0.2) is 0 Å². The predicted octanol–water partition coefficient (Wildman–Crippen LogP) is 2.00. The molecule has 0 spiro atoms. The first-order chi connectivity index (χ1) is 13.5. The van der Waals surface area contributed by atoms with Crippen LogP contribution in [0.2, 0.25) is 0 Å². The molecule has 1 aliphatic rings. The molecule has 2 aromatic rings. The molecule has 3 rings (SSSR count). The first-order valence-electron chi connectivity index (χ1n) is 9.34. The first-order valence-corrected chi connectivity index (χ1v) is 9.34. The minimum Gasteiger partial charge on any atom is -0.480 e. The van der Waals surface area contributed by atoms with Crippen LogP contribution in [0.15, 0.2) is 36.5 Å². The van der Waals surface area contributed by atoms with Crippen LogP contribution in [0.5, 0.6) is 0 Å². The Balaban J connectivity index is 1.73. The van der Waals surface area contributed by atoms with Gasteiger partial charge in [0.25, 0.3) is 5.91 Å². The number of carboxylic acids is 1. The van der Waals surface area contributed by atoms with Crippen molar-refractivity contribution in [3.63, 3.8) is 0 Å². The van der Waals surface area contributed by atoms with Crippen molar-refractivity contribution in [2.75, 3.05) is 19.6 Å².